The topological polar surface area (TPSA) is 35.2 Å². The van der Waals surface area contributed by atoms with Crippen LogP contribution < -0.4 is 5.73 Å². The molecule has 0 heterocycles. The summed E-state index contributed by atoms with van der Waals surface area (Å²) in [5.41, 5.74) is 5.75. The summed E-state index contributed by atoms with van der Waals surface area (Å²) in [6, 6.07) is 0. The van der Waals surface area contributed by atoms with E-state index in [1.54, 1.807) is 6.92 Å². The van der Waals surface area contributed by atoms with Crippen LogP contribution in [0.25, 0.3) is 0 Å². The fourth-order valence-corrected chi connectivity index (χ4v) is 0.279. The van der Waals surface area contributed by atoms with Crippen LogP contribution in [0.3, 0.4) is 0 Å². The van der Waals surface area contributed by atoms with Crippen LogP contribution in [0.15, 0.2) is 12.0 Å². The van der Waals surface area contributed by atoms with Gasteiger partial charge in [-0.1, -0.05) is 0 Å². The van der Waals surface area contributed by atoms with Crippen molar-refractivity contribution in [3.05, 3.63) is 12.0 Å². The van der Waals surface area contributed by atoms with E-state index in [9.17, 15) is 0 Å². The van der Waals surface area contributed by atoms with Gasteiger partial charge in [0.1, 0.15) is 0 Å². The highest BCUT2D eigenvalue weighted by Gasteiger charge is 1.67. The van der Waals surface area contributed by atoms with Gasteiger partial charge in [0.05, 0.1) is 6.26 Å². The van der Waals surface area contributed by atoms with Crippen LogP contribution in [-0.4, -0.2) is 10.5 Å². The van der Waals surface area contributed by atoms with E-state index in [0.29, 0.717) is 5.70 Å². The Morgan fingerprint density at radius 2 is 2.50 bits per heavy atom. The first kappa shape index (κ1) is 5.56. The number of hydrogen-bond donors (Lipinski definition) is 1. The second-order valence-electron chi connectivity index (χ2n) is 0.980. The van der Waals surface area contributed by atoms with E-state index in [0.717, 1.165) is 0 Å². The van der Waals surface area contributed by atoms with E-state index >= 15 is 0 Å². The first-order valence-corrected chi connectivity index (χ1v) is 1.93. The third-order valence-electron chi connectivity index (χ3n) is 0.245. The predicted octanol–water partition coefficient (Wildman–Crippen LogP) is -0.0935. The van der Waals surface area contributed by atoms with Gasteiger partial charge in [0.2, 0.25) is 0 Å². The van der Waals surface area contributed by atoms with E-state index in [4.69, 9.17) is 5.73 Å². The zero-order chi connectivity index (χ0) is 4.99. The maximum absolute atomic E-state index is 5.11. The molecule has 0 aliphatic carbocycles. The third-order valence-corrected chi connectivity index (χ3v) is 0.363. The highest BCUT2D eigenvalue weighted by molar-refractivity contribution is 5.98. The normalized spacial score (nSPS) is 11.3. The molecule has 3 radical (unpaired) electrons. The Bertz CT molecular complexity index is 57.8. The minimum absolute atomic E-state index is 0.644. The Morgan fingerprint density at radius 1 is 2.00 bits per heavy atom. The summed E-state index contributed by atoms with van der Waals surface area (Å²) in [7, 11) is 2.74. The van der Waals surface area contributed by atoms with E-state index in [-0.39, 0.29) is 0 Å². The molecular formula is C3H6NOSi. The quantitative estimate of drug-likeness (QED) is 0.369. The average molecular weight is 100 g/mol. The van der Waals surface area contributed by atoms with Gasteiger partial charge in [0.25, 0.3) is 0 Å². The summed E-state index contributed by atoms with van der Waals surface area (Å²) in [6.45, 7) is 1.74. The van der Waals surface area contributed by atoms with Crippen LogP contribution in [0, 0.1) is 0 Å². The van der Waals surface area contributed by atoms with E-state index in [2.05, 4.69) is 14.9 Å². The predicted molar refractivity (Wildman–Crippen MR) is 24.8 cm³/mol. The van der Waals surface area contributed by atoms with Gasteiger partial charge in [0.15, 0.2) is 0 Å². The standard InChI is InChI=1S/C3H6NOSi/c1-3(4)2-5-6/h2H,4H2,1H3/b3-2-. The molecule has 0 unspecified atom stereocenters. The van der Waals surface area contributed by atoms with Crippen molar-refractivity contribution in [2.45, 2.75) is 6.92 Å². The number of allylic oxidation sites excluding steroid dienone is 1. The summed E-state index contributed by atoms with van der Waals surface area (Å²) < 4.78 is 4.32. The lowest BCUT2D eigenvalue weighted by Crippen LogP contribution is -1.89. The highest BCUT2D eigenvalue weighted by Crippen LogP contribution is 1.74. The molecule has 3 heteroatoms. The van der Waals surface area contributed by atoms with Gasteiger partial charge in [0, 0.05) is 5.70 Å². The first-order chi connectivity index (χ1) is 2.77. The van der Waals surface area contributed by atoms with Crippen molar-refractivity contribution in [1.82, 2.24) is 0 Å². The van der Waals surface area contributed by atoms with Crippen LogP contribution in [0.4, 0.5) is 0 Å². The zero-order valence-corrected chi connectivity index (χ0v) is 4.56. The van der Waals surface area contributed by atoms with Gasteiger partial charge in [-0.15, -0.1) is 0 Å². The molecule has 6 heavy (non-hydrogen) atoms. The summed E-state index contributed by atoms with van der Waals surface area (Å²) in [5.74, 6) is 0. The lowest BCUT2D eigenvalue weighted by molar-refractivity contribution is 0.527. The molecule has 33 valence electrons. The van der Waals surface area contributed by atoms with E-state index < -0.39 is 0 Å². The molecule has 0 atom stereocenters. The van der Waals surface area contributed by atoms with Crippen LogP contribution in [0.1, 0.15) is 6.92 Å². The number of hydrogen-bond acceptors (Lipinski definition) is 2. The monoisotopic (exact) mass is 100 g/mol. The van der Waals surface area contributed by atoms with E-state index in [1.165, 1.54) is 6.26 Å². The zero-order valence-electron chi connectivity index (χ0n) is 3.56. The van der Waals surface area contributed by atoms with Gasteiger partial charge in [-0.05, 0) is 6.92 Å². The Balaban J connectivity index is 3.14. The highest BCUT2D eigenvalue weighted by atomic mass is 28.2. The molecule has 0 saturated carbocycles. The molecule has 0 aromatic rings. The summed E-state index contributed by atoms with van der Waals surface area (Å²) in [6.07, 6.45) is 1.40. The Morgan fingerprint density at radius 3 is 2.50 bits per heavy atom. The molecule has 0 fully saturated rings. The van der Waals surface area contributed by atoms with Gasteiger partial charge in [-0.3, -0.25) is 0 Å². The average Bonchev–Trinajstić information content (AvgIpc) is 1.35. The van der Waals surface area contributed by atoms with Crippen molar-refractivity contribution in [3.8, 4) is 0 Å². The smallest absolute Gasteiger partial charge is 0.340 e. The Kier molecular flexibility index (Phi) is 2.57. The maximum atomic E-state index is 5.11. The summed E-state index contributed by atoms with van der Waals surface area (Å²) >= 11 is 0. The van der Waals surface area contributed by atoms with Crippen molar-refractivity contribution in [1.29, 1.82) is 0 Å². The fourth-order valence-electron chi connectivity index (χ4n) is 0.0929. The van der Waals surface area contributed by atoms with Crippen molar-refractivity contribution < 1.29 is 4.43 Å². The second-order valence-corrected chi connectivity index (χ2v) is 1.22. The van der Waals surface area contributed by atoms with Gasteiger partial charge in [-0.2, -0.15) is 0 Å². The first-order valence-electron chi connectivity index (χ1n) is 1.52. The maximum Gasteiger partial charge on any atom is 0.340 e. The van der Waals surface area contributed by atoms with Crippen molar-refractivity contribution >= 4 is 10.5 Å². The van der Waals surface area contributed by atoms with Gasteiger partial charge in [-0.25, -0.2) is 0 Å². The minimum atomic E-state index is 0.644. The lowest BCUT2D eigenvalue weighted by Gasteiger charge is -1.85. The van der Waals surface area contributed by atoms with Gasteiger partial charge >= 0.3 is 10.5 Å². The Hall–Kier alpha value is -0.443. The fraction of sp³-hybridized carbons (Fsp3) is 0.333. The number of nitrogens with two attached hydrogens (primary N) is 1. The largest absolute Gasteiger partial charge is 0.544 e. The van der Waals surface area contributed by atoms with Crippen molar-refractivity contribution in [2.24, 2.45) is 5.73 Å². The Labute approximate surface area is 40.5 Å². The van der Waals surface area contributed by atoms with Crippen LogP contribution in [-0.2, 0) is 4.43 Å². The van der Waals surface area contributed by atoms with Crippen molar-refractivity contribution in [2.75, 3.05) is 0 Å². The third kappa shape index (κ3) is 3.56. The van der Waals surface area contributed by atoms with Crippen LogP contribution in [0.5, 0.6) is 0 Å². The molecule has 0 saturated heterocycles. The SMILES string of the molecule is C/C(N)=C/O[Si]. The van der Waals surface area contributed by atoms with Crippen LogP contribution in [0.2, 0.25) is 0 Å². The molecular weight excluding hydrogens is 94.1 g/mol. The summed E-state index contributed by atoms with van der Waals surface area (Å²) in [5, 5.41) is 0. The molecule has 0 aromatic heterocycles. The number of rotatable bonds is 1. The molecule has 0 spiro atoms. The van der Waals surface area contributed by atoms with E-state index in [1.807, 2.05) is 0 Å². The van der Waals surface area contributed by atoms with Crippen molar-refractivity contribution in [3.63, 3.8) is 0 Å². The van der Waals surface area contributed by atoms with Gasteiger partial charge < -0.3 is 10.2 Å². The molecule has 0 rings (SSSR count). The van der Waals surface area contributed by atoms with Crippen LogP contribution >= 0.6 is 0 Å². The molecule has 0 amide bonds. The lowest BCUT2D eigenvalue weighted by atomic mass is 10.6. The molecule has 2 nitrogen and oxygen atoms in total. The molecule has 0 aliphatic heterocycles. The minimum Gasteiger partial charge on any atom is -0.544 e. The molecule has 0 bridgehead atoms. The summed E-state index contributed by atoms with van der Waals surface area (Å²) in [4.78, 5) is 0. The second kappa shape index (κ2) is 2.78. The molecule has 0 aromatic carbocycles. The molecule has 2 N–H and O–H groups in total. The molecule has 0 aliphatic rings.